The Bertz CT molecular complexity index is 544. The number of nitrogens with zero attached hydrogens (tertiary/aromatic N) is 1. The zero-order valence-electron chi connectivity index (χ0n) is 11.8. The van der Waals surface area contributed by atoms with Crippen LogP contribution in [0.3, 0.4) is 0 Å². The summed E-state index contributed by atoms with van der Waals surface area (Å²) in [6.07, 6.45) is 0.140. The van der Waals surface area contributed by atoms with Gasteiger partial charge in [-0.1, -0.05) is 30.3 Å². The van der Waals surface area contributed by atoms with Crippen molar-refractivity contribution in [1.82, 2.24) is 10.2 Å². The maximum Gasteiger partial charge on any atom is 0.330 e. The van der Waals surface area contributed by atoms with Gasteiger partial charge in [0.25, 0.3) is 0 Å². The van der Waals surface area contributed by atoms with Crippen molar-refractivity contribution >= 4 is 17.8 Å². The fraction of sp³-hybridized carbons (Fsp3) is 0.400. The van der Waals surface area contributed by atoms with Crippen molar-refractivity contribution in [2.75, 3.05) is 13.1 Å². The normalized spacial score (nSPS) is 19.4. The summed E-state index contributed by atoms with van der Waals surface area (Å²) in [6.45, 7) is 2.76. The Morgan fingerprint density at radius 3 is 2.57 bits per heavy atom. The van der Waals surface area contributed by atoms with E-state index >= 15 is 0 Å². The molecule has 0 aromatic heterocycles. The summed E-state index contributed by atoms with van der Waals surface area (Å²) in [7, 11) is 0. The van der Waals surface area contributed by atoms with Crippen LogP contribution in [-0.2, 0) is 14.4 Å². The van der Waals surface area contributed by atoms with E-state index in [4.69, 9.17) is 0 Å². The van der Waals surface area contributed by atoms with Gasteiger partial charge in [-0.3, -0.25) is 9.59 Å². The van der Waals surface area contributed by atoms with Crippen LogP contribution in [0.25, 0.3) is 0 Å². The average Bonchev–Trinajstić information content (AvgIpc) is 2.86. The van der Waals surface area contributed by atoms with Gasteiger partial charge in [0.2, 0.25) is 11.8 Å². The van der Waals surface area contributed by atoms with Crippen molar-refractivity contribution in [3.05, 3.63) is 35.9 Å². The highest BCUT2D eigenvalue weighted by molar-refractivity contribution is 5.91. The monoisotopic (exact) mass is 290 g/mol. The second kappa shape index (κ2) is 6.39. The lowest BCUT2D eigenvalue weighted by Gasteiger charge is -2.18. The second-order valence-electron chi connectivity index (χ2n) is 5.02. The Morgan fingerprint density at radius 1 is 1.38 bits per heavy atom. The topological polar surface area (TPSA) is 86.7 Å². The van der Waals surface area contributed by atoms with E-state index in [1.807, 2.05) is 6.92 Å². The van der Waals surface area contributed by atoms with Crippen molar-refractivity contribution in [1.29, 1.82) is 0 Å². The second-order valence-corrected chi connectivity index (χ2v) is 5.02. The molecule has 6 heteroatoms. The molecule has 1 aliphatic heterocycles. The average molecular weight is 290 g/mol. The van der Waals surface area contributed by atoms with Gasteiger partial charge in [-0.05, 0) is 12.5 Å². The third-order valence-corrected chi connectivity index (χ3v) is 3.63. The molecule has 112 valence electrons. The van der Waals surface area contributed by atoms with Crippen LogP contribution in [0.1, 0.15) is 24.9 Å². The zero-order chi connectivity index (χ0) is 15.4. The molecule has 1 aromatic rings. The Balaban J connectivity index is 2.06. The third kappa shape index (κ3) is 3.39. The van der Waals surface area contributed by atoms with Crippen LogP contribution < -0.4 is 5.32 Å². The molecule has 0 radical (unpaired) electrons. The number of amides is 2. The van der Waals surface area contributed by atoms with E-state index in [0.717, 1.165) is 0 Å². The molecule has 0 spiro atoms. The summed E-state index contributed by atoms with van der Waals surface area (Å²) in [4.78, 5) is 36.8. The van der Waals surface area contributed by atoms with Gasteiger partial charge in [0, 0.05) is 19.5 Å². The van der Waals surface area contributed by atoms with Crippen molar-refractivity contribution in [2.24, 2.45) is 5.92 Å². The number of hydrogen-bond donors (Lipinski definition) is 2. The SMILES string of the molecule is CCN1CC(C(=O)NC(C(=O)O)c2ccccc2)CC1=O. The molecule has 2 amide bonds. The summed E-state index contributed by atoms with van der Waals surface area (Å²) in [5.41, 5.74) is 0.509. The van der Waals surface area contributed by atoms with Gasteiger partial charge in [-0.25, -0.2) is 4.79 Å². The molecule has 21 heavy (non-hydrogen) atoms. The molecule has 1 heterocycles. The van der Waals surface area contributed by atoms with Crippen LogP contribution >= 0.6 is 0 Å². The Morgan fingerprint density at radius 2 is 2.05 bits per heavy atom. The van der Waals surface area contributed by atoms with Crippen LogP contribution in [0.2, 0.25) is 0 Å². The van der Waals surface area contributed by atoms with Gasteiger partial charge in [0.1, 0.15) is 0 Å². The first-order valence-corrected chi connectivity index (χ1v) is 6.88. The Labute approximate surface area is 122 Å². The molecule has 0 aliphatic carbocycles. The predicted octanol–water partition coefficient (Wildman–Crippen LogP) is 0.797. The summed E-state index contributed by atoms with van der Waals surface area (Å²) in [5, 5.41) is 11.8. The summed E-state index contributed by atoms with van der Waals surface area (Å²) in [6, 6.07) is 7.42. The molecule has 2 N–H and O–H groups in total. The maximum absolute atomic E-state index is 12.2. The quantitative estimate of drug-likeness (QED) is 0.839. The lowest BCUT2D eigenvalue weighted by atomic mass is 10.0. The van der Waals surface area contributed by atoms with Crippen molar-refractivity contribution in [2.45, 2.75) is 19.4 Å². The first kappa shape index (κ1) is 15.0. The van der Waals surface area contributed by atoms with Crippen LogP contribution in [0.15, 0.2) is 30.3 Å². The number of carboxylic acid groups (broad SMARTS) is 1. The van der Waals surface area contributed by atoms with Gasteiger partial charge < -0.3 is 15.3 Å². The number of carboxylic acids is 1. The van der Waals surface area contributed by atoms with Gasteiger partial charge in [-0.2, -0.15) is 0 Å². The number of carbonyl (C=O) groups is 3. The summed E-state index contributed by atoms with van der Waals surface area (Å²) < 4.78 is 0. The minimum absolute atomic E-state index is 0.0655. The van der Waals surface area contributed by atoms with Gasteiger partial charge in [0.05, 0.1) is 5.92 Å². The molecule has 0 bridgehead atoms. The van der Waals surface area contributed by atoms with E-state index in [1.165, 1.54) is 0 Å². The number of hydrogen-bond acceptors (Lipinski definition) is 3. The van der Waals surface area contributed by atoms with Crippen LogP contribution in [0.4, 0.5) is 0 Å². The summed E-state index contributed by atoms with van der Waals surface area (Å²) >= 11 is 0. The number of aliphatic carboxylic acids is 1. The Kier molecular flexibility index (Phi) is 4.57. The third-order valence-electron chi connectivity index (χ3n) is 3.63. The van der Waals surface area contributed by atoms with E-state index in [2.05, 4.69) is 5.32 Å². The lowest BCUT2D eigenvalue weighted by molar-refractivity contribution is -0.142. The standard InChI is InChI=1S/C15H18N2O4/c1-2-17-9-11(8-12(17)18)14(19)16-13(15(20)21)10-6-4-3-5-7-10/h3-7,11,13H,2,8-9H2,1H3,(H,16,19)(H,20,21). The first-order valence-electron chi connectivity index (χ1n) is 6.88. The van der Waals surface area contributed by atoms with E-state index in [-0.39, 0.29) is 12.3 Å². The number of carbonyl (C=O) groups excluding carboxylic acids is 2. The van der Waals surface area contributed by atoms with Crippen LogP contribution in [0, 0.1) is 5.92 Å². The molecule has 2 rings (SSSR count). The van der Waals surface area contributed by atoms with E-state index in [1.54, 1.807) is 35.2 Å². The molecule has 6 nitrogen and oxygen atoms in total. The largest absolute Gasteiger partial charge is 0.479 e. The molecule has 2 unspecified atom stereocenters. The number of benzene rings is 1. The molecule has 0 saturated carbocycles. The van der Waals surface area contributed by atoms with Gasteiger partial charge in [0.15, 0.2) is 6.04 Å². The molecular formula is C15H18N2O4. The molecular weight excluding hydrogens is 272 g/mol. The minimum atomic E-state index is -1.12. The summed E-state index contributed by atoms with van der Waals surface area (Å²) in [5.74, 6) is -2.06. The van der Waals surface area contributed by atoms with E-state index in [9.17, 15) is 19.5 Å². The highest BCUT2D eigenvalue weighted by Gasteiger charge is 2.35. The van der Waals surface area contributed by atoms with Crippen LogP contribution in [-0.4, -0.2) is 40.9 Å². The molecule has 1 fully saturated rings. The molecule has 1 aromatic carbocycles. The van der Waals surface area contributed by atoms with Gasteiger partial charge >= 0.3 is 5.97 Å². The Hall–Kier alpha value is -2.37. The molecule has 2 atom stereocenters. The number of nitrogens with one attached hydrogen (secondary N) is 1. The maximum atomic E-state index is 12.2. The zero-order valence-corrected chi connectivity index (χ0v) is 11.8. The van der Waals surface area contributed by atoms with Gasteiger partial charge in [-0.15, -0.1) is 0 Å². The predicted molar refractivity (Wildman–Crippen MR) is 75.3 cm³/mol. The van der Waals surface area contributed by atoms with Crippen molar-refractivity contribution < 1.29 is 19.5 Å². The molecule has 1 aliphatic rings. The van der Waals surface area contributed by atoms with Crippen molar-refractivity contribution in [3.63, 3.8) is 0 Å². The highest BCUT2D eigenvalue weighted by atomic mass is 16.4. The number of likely N-dealkylation sites (tertiary alicyclic amines) is 1. The first-order chi connectivity index (χ1) is 10.0. The van der Waals surface area contributed by atoms with E-state index < -0.39 is 23.8 Å². The molecule has 1 saturated heterocycles. The van der Waals surface area contributed by atoms with E-state index in [0.29, 0.717) is 18.7 Å². The minimum Gasteiger partial charge on any atom is -0.479 e. The fourth-order valence-corrected chi connectivity index (χ4v) is 2.45. The highest BCUT2D eigenvalue weighted by Crippen LogP contribution is 2.20. The fourth-order valence-electron chi connectivity index (χ4n) is 2.45. The number of rotatable bonds is 5. The smallest absolute Gasteiger partial charge is 0.330 e. The lowest BCUT2D eigenvalue weighted by Crippen LogP contribution is -2.38. The van der Waals surface area contributed by atoms with Crippen LogP contribution in [0.5, 0.6) is 0 Å². The van der Waals surface area contributed by atoms with Crippen molar-refractivity contribution in [3.8, 4) is 0 Å².